The fourth-order valence-corrected chi connectivity index (χ4v) is 8.62. The van der Waals surface area contributed by atoms with Crippen LogP contribution in [0.2, 0.25) is 30.1 Å². The van der Waals surface area contributed by atoms with Crippen molar-refractivity contribution >= 4 is 110 Å². The zero-order valence-electron chi connectivity index (χ0n) is 32.3. The Hall–Kier alpha value is -4.99. The van der Waals surface area contributed by atoms with Gasteiger partial charge in [-0.25, -0.2) is 29.3 Å². The number of nitrogens with zero attached hydrogens (tertiary/aromatic N) is 4. The highest BCUT2D eigenvalue weighted by Gasteiger charge is 2.79. The first kappa shape index (κ1) is 44.1. The standard InChI is InChI=1S/C42H31Cl6N5O8/c1-39(19-58-36(55)26-13-10-23(43)16-29(26)46)40(2,59-37(56)27-14-11-24(44)17-30(27)47)41(3,60-38(57)28-15-12-25(45)18-31(28)48)42(4,61-39)53-21-51-32-33(49-20-50-34(32)53)52-35(54)22-8-6-5-7-9-22/h5-18,20-21H,19H2,1-4H3,(H,49,50,52,54). The Kier molecular flexibility index (Phi) is 12.1. The van der Waals surface area contributed by atoms with Crippen LogP contribution < -0.4 is 5.32 Å². The number of benzene rings is 4. The van der Waals surface area contributed by atoms with Crippen LogP contribution in [0.5, 0.6) is 0 Å². The Bertz CT molecular complexity index is 2760. The summed E-state index contributed by atoms with van der Waals surface area (Å²) in [6, 6.07) is 20.9. The highest BCUT2D eigenvalue weighted by Crippen LogP contribution is 2.59. The van der Waals surface area contributed by atoms with Crippen LogP contribution in [-0.2, 0) is 24.7 Å². The van der Waals surface area contributed by atoms with Gasteiger partial charge in [-0.3, -0.25) is 9.36 Å². The number of anilines is 1. The molecule has 0 aliphatic carbocycles. The largest absolute Gasteiger partial charge is 0.459 e. The van der Waals surface area contributed by atoms with E-state index in [1.165, 1.54) is 99.5 Å². The lowest BCUT2D eigenvalue weighted by molar-refractivity contribution is -0.193. The maximum atomic E-state index is 14.4. The Morgan fingerprint density at radius 3 is 1.69 bits per heavy atom. The average molecular weight is 946 g/mol. The summed E-state index contributed by atoms with van der Waals surface area (Å²) in [6.45, 7) is 5.28. The van der Waals surface area contributed by atoms with E-state index < -0.39 is 53.0 Å². The molecule has 61 heavy (non-hydrogen) atoms. The van der Waals surface area contributed by atoms with Gasteiger partial charge in [0.1, 0.15) is 18.5 Å². The third kappa shape index (κ3) is 7.89. The van der Waals surface area contributed by atoms with Crippen LogP contribution in [0.25, 0.3) is 11.2 Å². The first-order chi connectivity index (χ1) is 28.8. The predicted molar refractivity (Wildman–Crippen MR) is 230 cm³/mol. The van der Waals surface area contributed by atoms with E-state index in [1.54, 1.807) is 30.3 Å². The second-order valence-corrected chi connectivity index (χ2v) is 17.0. The number of halogens is 6. The highest BCUT2D eigenvalue weighted by molar-refractivity contribution is 6.38. The van der Waals surface area contributed by atoms with Crippen molar-refractivity contribution in [2.45, 2.75) is 50.2 Å². The van der Waals surface area contributed by atoms with Crippen LogP contribution in [-0.4, -0.2) is 66.7 Å². The van der Waals surface area contributed by atoms with Crippen LogP contribution >= 0.6 is 69.6 Å². The number of esters is 3. The van der Waals surface area contributed by atoms with Crippen LogP contribution in [0, 0.1) is 0 Å². The molecule has 314 valence electrons. The minimum Gasteiger partial charge on any atom is -0.459 e. The zero-order valence-corrected chi connectivity index (χ0v) is 36.8. The summed E-state index contributed by atoms with van der Waals surface area (Å²) in [7, 11) is 0. The first-order valence-electron chi connectivity index (χ1n) is 18.0. The fourth-order valence-electron chi connectivity index (χ4n) is 7.16. The molecule has 1 amide bonds. The lowest BCUT2D eigenvalue weighted by Crippen LogP contribution is -2.67. The number of aromatic nitrogens is 4. The highest BCUT2D eigenvalue weighted by atomic mass is 35.5. The maximum absolute atomic E-state index is 14.4. The van der Waals surface area contributed by atoms with Gasteiger partial charge in [-0.1, -0.05) is 87.8 Å². The van der Waals surface area contributed by atoms with Gasteiger partial charge in [0.25, 0.3) is 5.91 Å². The molecule has 1 aliphatic heterocycles. The molecule has 4 unspecified atom stereocenters. The van der Waals surface area contributed by atoms with E-state index in [-0.39, 0.29) is 63.8 Å². The van der Waals surface area contributed by atoms with Gasteiger partial charge in [-0.15, -0.1) is 0 Å². The van der Waals surface area contributed by atoms with Crippen molar-refractivity contribution in [1.82, 2.24) is 19.5 Å². The lowest BCUT2D eigenvalue weighted by Gasteiger charge is -2.47. The molecule has 4 atom stereocenters. The SMILES string of the molecule is CC1(COC(=O)c2ccc(Cl)cc2Cl)OC(C)(n2cnc3c(NC(=O)c4ccccc4)ncnc32)C(C)(OC(=O)c2ccc(Cl)cc2Cl)C1(C)OC(=O)c1ccc(Cl)cc1Cl. The van der Waals surface area contributed by atoms with Crippen molar-refractivity contribution in [3.05, 3.63) is 150 Å². The van der Waals surface area contributed by atoms with Gasteiger partial charge in [0.2, 0.25) is 0 Å². The van der Waals surface area contributed by atoms with E-state index in [2.05, 4.69) is 20.3 Å². The number of amides is 1. The normalized spacial score (nSPS) is 22.1. The van der Waals surface area contributed by atoms with Crippen LogP contribution in [0.15, 0.2) is 97.6 Å². The molecule has 3 heterocycles. The number of imidazole rings is 1. The topological polar surface area (TPSA) is 161 Å². The number of ether oxygens (including phenoxy) is 4. The van der Waals surface area contributed by atoms with Gasteiger partial charge in [0, 0.05) is 20.6 Å². The average Bonchev–Trinajstić information content (AvgIpc) is 3.70. The van der Waals surface area contributed by atoms with Gasteiger partial charge in [0.15, 0.2) is 33.9 Å². The minimum absolute atomic E-state index is 0.00439. The molecule has 7 rings (SSSR count). The summed E-state index contributed by atoms with van der Waals surface area (Å²) >= 11 is 37.8. The molecule has 4 aromatic carbocycles. The Labute approximate surface area is 378 Å². The molecule has 19 heteroatoms. The number of fused-ring (bicyclic) bond motifs is 1. The third-order valence-corrected chi connectivity index (χ3v) is 12.5. The quantitative estimate of drug-likeness (QED) is 0.103. The molecule has 1 saturated heterocycles. The van der Waals surface area contributed by atoms with E-state index in [0.717, 1.165) is 0 Å². The molecule has 13 nitrogen and oxygen atoms in total. The van der Waals surface area contributed by atoms with Gasteiger partial charge in [0.05, 0.1) is 38.1 Å². The summed E-state index contributed by atoms with van der Waals surface area (Å²) in [5, 5.41) is 3.43. The van der Waals surface area contributed by atoms with Crippen LogP contribution in [0.1, 0.15) is 69.1 Å². The number of carbonyl (C=O) groups is 4. The zero-order chi connectivity index (χ0) is 44.1. The Morgan fingerprint density at radius 1 is 0.656 bits per heavy atom. The minimum atomic E-state index is -2.17. The van der Waals surface area contributed by atoms with Crippen LogP contribution in [0.3, 0.4) is 0 Å². The summed E-state index contributed by atoms with van der Waals surface area (Å²) in [5.74, 6) is -3.32. The maximum Gasteiger partial charge on any atom is 0.340 e. The van der Waals surface area contributed by atoms with Gasteiger partial charge >= 0.3 is 17.9 Å². The van der Waals surface area contributed by atoms with Crippen molar-refractivity contribution < 1.29 is 38.1 Å². The summed E-state index contributed by atoms with van der Waals surface area (Å²) in [4.78, 5) is 69.1. The molecule has 6 aromatic rings. The fraction of sp³-hybridized carbons (Fsp3) is 0.214. The van der Waals surface area contributed by atoms with E-state index in [0.29, 0.717) is 5.56 Å². The van der Waals surface area contributed by atoms with Crippen molar-refractivity contribution in [1.29, 1.82) is 0 Å². The summed E-state index contributed by atoms with van der Waals surface area (Å²) in [5.41, 5.74) is -7.96. The number of nitrogens with one attached hydrogen (secondary N) is 1. The number of hydrogen-bond donors (Lipinski definition) is 1. The molecule has 0 radical (unpaired) electrons. The van der Waals surface area contributed by atoms with Gasteiger partial charge in [-0.05, 0) is 94.4 Å². The molecule has 1 fully saturated rings. The number of rotatable bonds is 10. The molecular formula is C42H31Cl6N5O8. The van der Waals surface area contributed by atoms with Crippen molar-refractivity contribution in [3.8, 4) is 0 Å². The molecule has 0 bridgehead atoms. The van der Waals surface area contributed by atoms with E-state index >= 15 is 0 Å². The molecule has 0 saturated carbocycles. The van der Waals surface area contributed by atoms with Gasteiger partial charge in [-0.2, -0.15) is 0 Å². The van der Waals surface area contributed by atoms with Crippen LogP contribution in [0.4, 0.5) is 5.82 Å². The van der Waals surface area contributed by atoms with E-state index in [1.807, 2.05) is 0 Å². The lowest BCUT2D eigenvalue weighted by atomic mass is 9.72. The van der Waals surface area contributed by atoms with Crippen molar-refractivity contribution in [3.63, 3.8) is 0 Å². The number of hydrogen-bond acceptors (Lipinski definition) is 11. The molecule has 2 aromatic heterocycles. The van der Waals surface area contributed by atoms with Crippen molar-refractivity contribution in [2.75, 3.05) is 11.9 Å². The van der Waals surface area contributed by atoms with Crippen molar-refractivity contribution in [2.24, 2.45) is 0 Å². The molecule has 0 spiro atoms. The van der Waals surface area contributed by atoms with E-state index in [9.17, 15) is 19.2 Å². The molecule has 1 aliphatic rings. The molecule has 1 N–H and O–H groups in total. The monoisotopic (exact) mass is 943 g/mol. The predicted octanol–water partition coefficient (Wildman–Crippen LogP) is 10.5. The second kappa shape index (κ2) is 16.7. The Balaban J connectivity index is 1.41. The third-order valence-electron chi connectivity index (χ3n) is 10.8. The Morgan fingerprint density at radius 2 is 1.16 bits per heavy atom. The van der Waals surface area contributed by atoms with E-state index in [4.69, 9.17) is 88.6 Å². The summed E-state index contributed by atoms with van der Waals surface area (Å²) in [6.07, 6.45) is 2.51. The summed E-state index contributed by atoms with van der Waals surface area (Å²) < 4.78 is 27.3. The number of carbonyl (C=O) groups excluding carboxylic acids is 4. The first-order valence-corrected chi connectivity index (χ1v) is 20.3. The molecular weight excluding hydrogens is 915 g/mol. The smallest absolute Gasteiger partial charge is 0.340 e. The second-order valence-electron chi connectivity index (χ2n) is 14.4. The van der Waals surface area contributed by atoms with Gasteiger partial charge < -0.3 is 24.3 Å².